The monoisotopic (exact) mass is 101 g/mol. The predicted octanol–water partition coefficient (Wildman–Crippen LogP) is -1.35. The van der Waals surface area contributed by atoms with Gasteiger partial charge in [-0.1, -0.05) is 0 Å². The van der Waals surface area contributed by atoms with Crippen molar-refractivity contribution in [3.05, 3.63) is 0 Å². The van der Waals surface area contributed by atoms with Crippen molar-refractivity contribution in [3.8, 4) is 0 Å². The SMILES string of the molecule is CC1(O)C(=O)C1N. The molecule has 0 bridgehead atoms. The lowest BCUT2D eigenvalue weighted by molar-refractivity contribution is -0.115. The molecule has 40 valence electrons. The normalized spacial score (nSPS) is 49.6. The molecule has 0 radical (unpaired) electrons. The molecule has 3 nitrogen and oxygen atoms in total. The summed E-state index contributed by atoms with van der Waals surface area (Å²) < 4.78 is 0. The average Bonchev–Trinajstić information content (AvgIpc) is 1.91. The number of nitrogens with two attached hydrogens (primary N) is 1. The number of hydrogen-bond acceptors (Lipinski definition) is 3. The molecule has 3 N–H and O–H groups in total. The number of hydrogen-bond donors (Lipinski definition) is 2. The van der Waals surface area contributed by atoms with Gasteiger partial charge in [-0.2, -0.15) is 0 Å². The second-order valence-corrected chi connectivity index (χ2v) is 1.99. The van der Waals surface area contributed by atoms with Crippen molar-refractivity contribution in [2.45, 2.75) is 18.6 Å². The molecular weight excluding hydrogens is 94.0 g/mol. The van der Waals surface area contributed by atoms with Crippen LogP contribution in [0.3, 0.4) is 0 Å². The Bertz CT molecular complexity index is 119. The van der Waals surface area contributed by atoms with E-state index in [4.69, 9.17) is 10.8 Å². The quantitative estimate of drug-likeness (QED) is 0.396. The molecule has 7 heavy (non-hydrogen) atoms. The smallest absolute Gasteiger partial charge is 0.186 e. The van der Waals surface area contributed by atoms with Crippen molar-refractivity contribution in [3.63, 3.8) is 0 Å². The van der Waals surface area contributed by atoms with Crippen LogP contribution in [-0.2, 0) is 4.79 Å². The molecular formula is C4H7NO2. The van der Waals surface area contributed by atoms with Crippen LogP contribution in [0.4, 0.5) is 0 Å². The summed E-state index contributed by atoms with van der Waals surface area (Å²) >= 11 is 0. The molecule has 0 heterocycles. The summed E-state index contributed by atoms with van der Waals surface area (Å²) in [5.74, 6) is -0.257. The Morgan fingerprint density at radius 1 is 2.00 bits per heavy atom. The van der Waals surface area contributed by atoms with Crippen molar-refractivity contribution in [2.75, 3.05) is 0 Å². The van der Waals surface area contributed by atoms with Crippen LogP contribution in [0.2, 0.25) is 0 Å². The van der Waals surface area contributed by atoms with Crippen LogP contribution in [-0.4, -0.2) is 22.5 Å². The molecule has 1 rings (SSSR count). The van der Waals surface area contributed by atoms with Gasteiger partial charge in [0.1, 0.15) is 11.6 Å². The fourth-order valence-corrected chi connectivity index (χ4v) is 0.422. The number of aliphatic hydroxyl groups is 1. The lowest BCUT2D eigenvalue weighted by atomic mass is 10.4. The van der Waals surface area contributed by atoms with Gasteiger partial charge in [0.25, 0.3) is 0 Å². The van der Waals surface area contributed by atoms with E-state index in [0.29, 0.717) is 0 Å². The van der Waals surface area contributed by atoms with Gasteiger partial charge in [-0.25, -0.2) is 0 Å². The maximum Gasteiger partial charge on any atom is 0.186 e. The maximum absolute atomic E-state index is 10.2. The van der Waals surface area contributed by atoms with E-state index in [1.807, 2.05) is 0 Å². The molecule has 0 aromatic heterocycles. The first-order chi connectivity index (χ1) is 3.07. The zero-order valence-corrected chi connectivity index (χ0v) is 4.01. The number of Topliss-reactive ketones (excluding diaryl/α,β-unsaturated/α-hetero) is 1. The van der Waals surface area contributed by atoms with E-state index in [0.717, 1.165) is 0 Å². The largest absolute Gasteiger partial charge is 0.380 e. The predicted molar refractivity (Wildman–Crippen MR) is 23.6 cm³/mol. The first-order valence-electron chi connectivity index (χ1n) is 2.09. The van der Waals surface area contributed by atoms with Crippen LogP contribution in [0.1, 0.15) is 6.92 Å². The molecule has 1 saturated carbocycles. The van der Waals surface area contributed by atoms with Gasteiger partial charge in [-0.3, -0.25) is 4.79 Å². The van der Waals surface area contributed by atoms with Gasteiger partial charge in [-0.15, -0.1) is 0 Å². The van der Waals surface area contributed by atoms with Crippen LogP contribution in [0.25, 0.3) is 0 Å². The highest BCUT2D eigenvalue weighted by atomic mass is 16.3. The lowest BCUT2D eigenvalue weighted by Gasteiger charge is -1.88. The van der Waals surface area contributed by atoms with Crippen molar-refractivity contribution < 1.29 is 9.90 Å². The number of carbonyl (C=O) groups excluding carboxylic acids is 1. The molecule has 0 spiro atoms. The summed E-state index contributed by atoms with van der Waals surface area (Å²) in [5, 5.41) is 8.69. The lowest BCUT2D eigenvalue weighted by Crippen LogP contribution is -2.14. The summed E-state index contributed by atoms with van der Waals surface area (Å²) in [4.78, 5) is 10.2. The standard InChI is InChI=1S/C4H7NO2/c1-4(7)2(5)3(4)6/h2,7H,5H2,1H3. The van der Waals surface area contributed by atoms with Crippen molar-refractivity contribution in [1.82, 2.24) is 0 Å². The van der Waals surface area contributed by atoms with Gasteiger partial charge >= 0.3 is 0 Å². The minimum absolute atomic E-state index is 0.257. The molecule has 0 aromatic carbocycles. The summed E-state index contributed by atoms with van der Waals surface area (Å²) in [6, 6.07) is -0.618. The first kappa shape index (κ1) is 4.74. The Morgan fingerprint density at radius 3 is 2.14 bits per heavy atom. The van der Waals surface area contributed by atoms with E-state index in [1.54, 1.807) is 0 Å². The molecule has 1 fully saturated rings. The highest BCUT2D eigenvalue weighted by Crippen LogP contribution is 2.27. The maximum atomic E-state index is 10.2. The molecule has 0 amide bonds. The van der Waals surface area contributed by atoms with E-state index in [2.05, 4.69) is 0 Å². The summed E-state index contributed by atoms with van der Waals surface area (Å²) in [7, 11) is 0. The third kappa shape index (κ3) is 0.390. The average molecular weight is 101 g/mol. The highest BCUT2D eigenvalue weighted by molar-refractivity contribution is 6.09. The van der Waals surface area contributed by atoms with Crippen molar-refractivity contribution >= 4 is 5.78 Å². The van der Waals surface area contributed by atoms with E-state index < -0.39 is 11.6 Å². The van der Waals surface area contributed by atoms with Gasteiger partial charge in [0.15, 0.2) is 5.78 Å². The molecule has 1 aliphatic rings. The summed E-state index contributed by atoms with van der Waals surface area (Å²) in [5.41, 5.74) is 3.85. The third-order valence-electron chi connectivity index (χ3n) is 1.30. The summed E-state index contributed by atoms with van der Waals surface area (Å²) in [6.07, 6.45) is 0. The zero-order chi connectivity index (χ0) is 5.65. The zero-order valence-electron chi connectivity index (χ0n) is 4.01. The third-order valence-corrected chi connectivity index (χ3v) is 1.30. The minimum Gasteiger partial charge on any atom is -0.380 e. The van der Waals surface area contributed by atoms with Crippen molar-refractivity contribution in [1.29, 1.82) is 0 Å². The minimum atomic E-state index is -1.19. The Kier molecular flexibility index (Phi) is 0.594. The van der Waals surface area contributed by atoms with Crippen LogP contribution in [0, 0.1) is 0 Å². The molecule has 2 unspecified atom stereocenters. The van der Waals surface area contributed by atoms with Gasteiger partial charge < -0.3 is 10.8 Å². The Labute approximate surface area is 41.1 Å². The number of carbonyl (C=O) groups is 1. The molecule has 3 heteroatoms. The van der Waals surface area contributed by atoms with Crippen LogP contribution in [0.15, 0.2) is 0 Å². The van der Waals surface area contributed by atoms with Crippen LogP contribution < -0.4 is 5.73 Å². The van der Waals surface area contributed by atoms with Gasteiger partial charge in [0.05, 0.1) is 0 Å². The van der Waals surface area contributed by atoms with E-state index in [1.165, 1.54) is 6.92 Å². The second-order valence-electron chi connectivity index (χ2n) is 1.99. The van der Waals surface area contributed by atoms with E-state index in [9.17, 15) is 4.79 Å². The number of rotatable bonds is 0. The van der Waals surface area contributed by atoms with E-state index in [-0.39, 0.29) is 5.78 Å². The Morgan fingerprint density at radius 2 is 2.14 bits per heavy atom. The molecule has 1 aliphatic carbocycles. The fourth-order valence-electron chi connectivity index (χ4n) is 0.422. The van der Waals surface area contributed by atoms with Gasteiger partial charge in [0.2, 0.25) is 0 Å². The topological polar surface area (TPSA) is 63.3 Å². The second kappa shape index (κ2) is 0.877. The first-order valence-corrected chi connectivity index (χ1v) is 2.09. The molecule has 0 aromatic rings. The highest BCUT2D eigenvalue weighted by Gasteiger charge is 2.58. The van der Waals surface area contributed by atoms with Crippen LogP contribution in [0.5, 0.6) is 0 Å². The molecule has 2 atom stereocenters. The van der Waals surface area contributed by atoms with Gasteiger partial charge in [0, 0.05) is 0 Å². The Hall–Kier alpha value is -0.410. The fraction of sp³-hybridized carbons (Fsp3) is 0.750. The molecule has 0 saturated heterocycles. The van der Waals surface area contributed by atoms with Crippen molar-refractivity contribution in [2.24, 2.45) is 5.73 Å². The molecule has 0 aliphatic heterocycles. The van der Waals surface area contributed by atoms with E-state index >= 15 is 0 Å². The number of ketones is 1. The summed E-state index contributed by atoms with van der Waals surface area (Å²) in [6.45, 7) is 1.42. The Balaban J connectivity index is 2.70. The van der Waals surface area contributed by atoms with Gasteiger partial charge in [-0.05, 0) is 6.92 Å². The van der Waals surface area contributed by atoms with Crippen LogP contribution >= 0.6 is 0 Å².